The van der Waals surface area contributed by atoms with E-state index in [0.29, 0.717) is 54.0 Å². The van der Waals surface area contributed by atoms with E-state index < -0.39 is 35.5 Å². The Bertz CT molecular complexity index is 2780. The number of nitrogens with one attached hydrogen (secondary N) is 3. The Labute approximate surface area is 373 Å². The third-order valence-corrected chi connectivity index (χ3v) is 14.4. The summed E-state index contributed by atoms with van der Waals surface area (Å²) >= 11 is 0. The van der Waals surface area contributed by atoms with E-state index in [1.807, 2.05) is 42.5 Å². The number of nitrogens with zero attached hydrogens (tertiary/aromatic N) is 7. The van der Waals surface area contributed by atoms with Gasteiger partial charge in [-0.2, -0.15) is 9.97 Å². The molecule has 3 N–H and O–H groups in total. The molecule has 3 aromatic carbocycles. The predicted molar refractivity (Wildman–Crippen MR) is 239 cm³/mol. The number of aromatic nitrogens is 3. The summed E-state index contributed by atoms with van der Waals surface area (Å²) in [6.45, 7) is 4.13. The Morgan fingerprint density at radius 1 is 0.862 bits per heavy atom. The van der Waals surface area contributed by atoms with Crippen LogP contribution in [0.15, 0.2) is 66.9 Å². The Hall–Kier alpha value is -6.43. The number of likely N-dealkylation sites (N-methyl/N-ethyl adjacent to an activating group) is 1. The number of pyridine rings is 1. The summed E-state index contributed by atoms with van der Waals surface area (Å²) in [4.78, 5) is 86.3. The molecule has 2 bridgehead atoms. The number of rotatable bonds is 9. The fourth-order valence-corrected chi connectivity index (χ4v) is 10.9. The van der Waals surface area contributed by atoms with Crippen LogP contribution in [0.2, 0.25) is 0 Å². The Morgan fingerprint density at radius 3 is 2.43 bits per heavy atom. The van der Waals surface area contributed by atoms with Crippen molar-refractivity contribution in [1.29, 1.82) is 0 Å². The number of anilines is 2. The van der Waals surface area contributed by atoms with Gasteiger partial charge in [0, 0.05) is 73.6 Å². The summed E-state index contributed by atoms with van der Waals surface area (Å²) in [5, 5.41) is 11.3. The number of piperidine rings is 2. The highest BCUT2D eigenvalue weighted by atomic mass is 19.1. The van der Waals surface area contributed by atoms with E-state index in [1.54, 1.807) is 12.3 Å². The number of halogens is 1. The lowest BCUT2D eigenvalue weighted by molar-refractivity contribution is -0.136. The first-order valence-corrected chi connectivity index (χ1v) is 22.6. The molecule has 5 aromatic rings. The normalized spacial score (nSPS) is 25.2. The van der Waals surface area contributed by atoms with Crippen LogP contribution in [0, 0.1) is 11.7 Å². The first-order chi connectivity index (χ1) is 31.6. The molecule has 0 radical (unpaired) electrons. The van der Waals surface area contributed by atoms with Gasteiger partial charge in [-0.1, -0.05) is 42.5 Å². The van der Waals surface area contributed by atoms with Crippen LogP contribution < -0.4 is 25.6 Å². The third-order valence-electron chi connectivity index (χ3n) is 14.4. The summed E-state index contributed by atoms with van der Waals surface area (Å²) in [7, 11) is 2.08. The van der Waals surface area contributed by atoms with Crippen molar-refractivity contribution in [3.63, 3.8) is 0 Å². The monoisotopic (exact) mass is 880 g/mol. The molecule has 6 aliphatic heterocycles. The van der Waals surface area contributed by atoms with Crippen molar-refractivity contribution in [1.82, 2.24) is 40.3 Å². The number of hydrogen-bond acceptors (Lipinski definition) is 13. The second-order valence-electron chi connectivity index (χ2n) is 18.4. The van der Waals surface area contributed by atoms with Crippen LogP contribution in [0.1, 0.15) is 65.7 Å². The van der Waals surface area contributed by atoms with Gasteiger partial charge in [0.1, 0.15) is 29.7 Å². The van der Waals surface area contributed by atoms with Gasteiger partial charge >= 0.3 is 6.01 Å². The number of carbonyl (C=O) groups excluding carboxylic acids is 5. The van der Waals surface area contributed by atoms with E-state index in [2.05, 4.69) is 37.7 Å². The zero-order valence-electron chi connectivity index (χ0n) is 36.0. The summed E-state index contributed by atoms with van der Waals surface area (Å²) in [6, 6.07) is 18.4. The molecule has 3 unspecified atom stereocenters. The van der Waals surface area contributed by atoms with Crippen LogP contribution in [-0.2, 0) is 14.4 Å². The lowest BCUT2D eigenvalue weighted by Crippen LogP contribution is -2.54. The van der Waals surface area contributed by atoms with E-state index >= 15 is 4.39 Å². The molecule has 8 heterocycles. The van der Waals surface area contributed by atoms with Crippen LogP contribution in [0.5, 0.6) is 6.01 Å². The van der Waals surface area contributed by atoms with Gasteiger partial charge < -0.3 is 20.3 Å². The maximum absolute atomic E-state index is 16.9. The molecular weight excluding hydrogens is 832 g/mol. The Kier molecular flexibility index (Phi) is 10.5. The van der Waals surface area contributed by atoms with Crippen molar-refractivity contribution in [2.24, 2.45) is 5.92 Å². The number of likely N-dealkylation sites (tertiary alicyclic amines) is 2. The van der Waals surface area contributed by atoms with Crippen molar-refractivity contribution in [3.05, 3.63) is 83.8 Å². The van der Waals surface area contributed by atoms with E-state index in [9.17, 15) is 24.0 Å². The van der Waals surface area contributed by atoms with Crippen molar-refractivity contribution in [3.8, 4) is 17.3 Å². The molecule has 0 saturated carbocycles. The molecule has 0 aliphatic carbocycles. The first kappa shape index (κ1) is 41.3. The van der Waals surface area contributed by atoms with Crippen molar-refractivity contribution in [2.45, 2.75) is 75.2 Å². The number of benzene rings is 3. The summed E-state index contributed by atoms with van der Waals surface area (Å²) in [5.41, 5.74) is 1.80. The zero-order chi connectivity index (χ0) is 44.5. The van der Waals surface area contributed by atoms with Gasteiger partial charge in [0.05, 0.1) is 16.5 Å². The number of carbonyl (C=O) groups is 5. The lowest BCUT2D eigenvalue weighted by Gasteiger charge is -2.35. The van der Waals surface area contributed by atoms with E-state index in [1.165, 1.54) is 12.1 Å². The molecule has 5 amide bonds. The average molecular weight is 881 g/mol. The number of piperazine rings is 1. The molecule has 5 atom stereocenters. The van der Waals surface area contributed by atoms with Crippen LogP contribution in [0.4, 0.5) is 15.9 Å². The second-order valence-corrected chi connectivity index (χ2v) is 18.4. The maximum Gasteiger partial charge on any atom is 0.319 e. The SMILES string of the molecule is CN1C[C@@H](N2CCC(C(=O)Nc3ccc4c(c3)C(=O)N(C3CCC(=O)NC3=O)C4=O)CC2)C[C@H]1COc1nc(N2CC3CCC(C2)N3)c2cnc(-c3cccc4ccccc34)c(F)c2n1. The molecule has 334 valence electrons. The van der Waals surface area contributed by atoms with Gasteiger partial charge in [-0.3, -0.25) is 49.0 Å². The van der Waals surface area contributed by atoms with Crippen molar-refractivity contribution in [2.75, 3.05) is 56.6 Å². The van der Waals surface area contributed by atoms with Gasteiger partial charge in [0.15, 0.2) is 5.82 Å². The van der Waals surface area contributed by atoms with Gasteiger partial charge in [0.2, 0.25) is 17.7 Å². The Morgan fingerprint density at radius 2 is 1.63 bits per heavy atom. The molecule has 11 rings (SSSR count). The molecule has 5 saturated heterocycles. The zero-order valence-corrected chi connectivity index (χ0v) is 36.0. The van der Waals surface area contributed by atoms with E-state index in [-0.39, 0.29) is 65.1 Å². The largest absolute Gasteiger partial charge is 0.462 e. The quantitative estimate of drug-likeness (QED) is 0.180. The Balaban J connectivity index is 0.743. The molecule has 6 aliphatic rings. The topological polar surface area (TPSA) is 182 Å². The number of amides is 5. The molecule has 65 heavy (non-hydrogen) atoms. The minimum absolute atomic E-state index is 0.0352. The fraction of sp³-hybridized carbons (Fsp3) is 0.417. The number of hydrogen-bond donors (Lipinski definition) is 3. The molecule has 16 nitrogen and oxygen atoms in total. The summed E-state index contributed by atoms with van der Waals surface area (Å²) in [5.74, 6) is -2.58. The van der Waals surface area contributed by atoms with Crippen molar-refractivity contribution < 1.29 is 33.1 Å². The molecular formula is C48H49FN10O6. The van der Waals surface area contributed by atoms with Crippen LogP contribution in [-0.4, -0.2) is 136 Å². The standard InChI is InChI=1S/C48H49FN10O6/c1-56-24-31(57-17-15-27(16-18-57)44(61)52-28-11-12-35-36(19-28)47(64)59(46(35)63)38-13-14-39(60)53-45(38)62)20-32(56)25-65-48-54-42-37(43(55-48)58-22-29-9-10-30(23-58)51-29)21-50-41(40(42)49)34-8-4-6-26-5-2-3-7-33(26)34/h2-8,11-12,19,21,27,29-32,38,51H,9-10,13-18,20,22-25H2,1H3,(H,52,61)(H,53,60,62)/t29?,30?,31-,32-,38?/m0/s1. The highest BCUT2D eigenvalue weighted by Gasteiger charge is 2.45. The van der Waals surface area contributed by atoms with Gasteiger partial charge in [-0.25, -0.2) is 4.39 Å². The minimum Gasteiger partial charge on any atom is -0.462 e. The van der Waals surface area contributed by atoms with E-state index in [0.717, 1.165) is 67.7 Å². The lowest BCUT2D eigenvalue weighted by atomic mass is 9.94. The highest BCUT2D eigenvalue weighted by molar-refractivity contribution is 6.24. The van der Waals surface area contributed by atoms with Crippen molar-refractivity contribution >= 4 is 62.7 Å². The fourth-order valence-electron chi connectivity index (χ4n) is 10.9. The smallest absolute Gasteiger partial charge is 0.319 e. The third kappa shape index (κ3) is 7.54. The van der Waals surface area contributed by atoms with Gasteiger partial charge in [-0.15, -0.1) is 0 Å². The van der Waals surface area contributed by atoms with E-state index in [4.69, 9.17) is 19.7 Å². The maximum atomic E-state index is 16.9. The number of fused-ring (bicyclic) bond motifs is 5. The molecule has 2 aromatic heterocycles. The highest BCUT2D eigenvalue weighted by Crippen LogP contribution is 2.37. The van der Waals surface area contributed by atoms with Crippen LogP contribution >= 0.6 is 0 Å². The van der Waals surface area contributed by atoms with Crippen LogP contribution in [0.25, 0.3) is 32.9 Å². The van der Waals surface area contributed by atoms with Gasteiger partial charge in [0.25, 0.3) is 11.8 Å². The molecule has 17 heteroatoms. The minimum atomic E-state index is -1.06. The second kappa shape index (κ2) is 16.5. The summed E-state index contributed by atoms with van der Waals surface area (Å²) in [6.07, 6.45) is 6.14. The number of imide groups is 2. The molecule has 5 fully saturated rings. The molecule has 0 spiro atoms. The number of ether oxygens (including phenoxy) is 1. The van der Waals surface area contributed by atoms with Gasteiger partial charge in [-0.05, 0) is 87.6 Å². The van der Waals surface area contributed by atoms with Crippen LogP contribution in [0.3, 0.4) is 0 Å². The first-order valence-electron chi connectivity index (χ1n) is 22.6. The predicted octanol–water partition coefficient (Wildman–Crippen LogP) is 4.13. The average Bonchev–Trinajstić information content (AvgIpc) is 3.95. The summed E-state index contributed by atoms with van der Waals surface area (Å²) < 4.78 is 23.3.